The maximum atomic E-state index is 5.97. The van der Waals surface area contributed by atoms with Crippen LogP contribution < -0.4 is 11.1 Å². The number of hydrogen-bond donors (Lipinski definition) is 2. The van der Waals surface area contributed by atoms with Crippen molar-refractivity contribution >= 4 is 17.6 Å². The van der Waals surface area contributed by atoms with Gasteiger partial charge < -0.3 is 16.0 Å². The van der Waals surface area contributed by atoms with Gasteiger partial charge in [-0.15, -0.1) is 5.10 Å². The third-order valence-electron chi connectivity index (χ3n) is 4.86. The summed E-state index contributed by atoms with van der Waals surface area (Å²) in [5, 5.41) is 7.61. The van der Waals surface area contributed by atoms with Gasteiger partial charge in [-0.3, -0.25) is 0 Å². The molecule has 1 aliphatic heterocycles. The van der Waals surface area contributed by atoms with Gasteiger partial charge in [0.2, 0.25) is 11.9 Å². The second-order valence-electron chi connectivity index (χ2n) is 6.72. The SMILES string of the molecule is CN1CCC(c2ccc(Nc3nc(N)n(-c4ccccn4)n3)cc2)CC1. The normalized spacial score (nSPS) is 15.9. The number of hydrogen-bond acceptors (Lipinski definition) is 6. The molecule has 0 amide bonds. The molecule has 3 aromatic rings. The van der Waals surface area contributed by atoms with Crippen molar-refractivity contribution in [1.29, 1.82) is 0 Å². The van der Waals surface area contributed by atoms with Gasteiger partial charge in [-0.25, -0.2) is 4.98 Å². The summed E-state index contributed by atoms with van der Waals surface area (Å²) in [7, 11) is 2.19. The Morgan fingerprint density at radius 1 is 1.08 bits per heavy atom. The Hall–Kier alpha value is -2.93. The molecule has 0 saturated carbocycles. The summed E-state index contributed by atoms with van der Waals surface area (Å²) < 4.78 is 1.52. The lowest BCUT2D eigenvalue weighted by molar-refractivity contribution is 0.255. The summed E-state index contributed by atoms with van der Waals surface area (Å²) in [6.07, 6.45) is 4.14. The van der Waals surface area contributed by atoms with E-state index in [0.29, 0.717) is 23.6 Å². The topological polar surface area (TPSA) is 84.9 Å². The van der Waals surface area contributed by atoms with Crippen LogP contribution in [0, 0.1) is 0 Å². The Balaban J connectivity index is 1.46. The molecule has 0 atom stereocenters. The molecule has 0 bridgehead atoms. The van der Waals surface area contributed by atoms with E-state index in [0.717, 1.165) is 5.69 Å². The highest BCUT2D eigenvalue weighted by Gasteiger charge is 2.18. The van der Waals surface area contributed by atoms with Crippen LogP contribution in [0.25, 0.3) is 5.82 Å². The van der Waals surface area contributed by atoms with Crippen molar-refractivity contribution in [2.75, 3.05) is 31.2 Å². The number of rotatable bonds is 4. The first-order valence-electron chi connectivity index (χ1n) is 8.88. The number of nitrogens with zero attached hydrogens (tertiary/aromatic N) is 5. The van der Waals surface area contributed by atoms with E-state index in [1.54, 1.807) is 6.20 Å². The van der Waals surface area contributed by atoms with E-state index >= 15 is 0 Å². The fourth-order valence-electron chi connectivity index (χ4n) is 3.33. The summed E-state index contributed by atoms with van der Waals surface area (Å²) in [5.74, 6) is 2.05. The van der Waals surface area contributed by atoms with E-state index in [-0.39, 0.29) is 0 Å². The van der Waals surface area contributed by atoms with Gasteiger partial charge in [-0.2, -0.15) is 9.67 Å². The molecule has 1 aliphatic rings. The van der Waals surface area contributed by atoms with Crippen LogP contribution in [0.15, 0.2) is 48.7 Å². The van der Waals surface area contributed by atoms with Gasteiger partial charge >= 0.3 is 0 Å². The van der Waals surface area contributed by atoms with E-state index in [1.807, 2.05) is 18.2 Å². The van der Waals surface area contributed by atoms with Gasteiger partial charge in [0.15, 0.2) is 5.82 Å². The van der Waals surface area contributed by atoms with E-state index < -0.39 is 0 Å². The standard InChI is InChI=1S/C19H23N7/c1-25-12-9-15(10-13-25)14-5-7-16(8-6-14)22-19-23-18(20)26(24-19)17-4-2-3-11-21-17/h2-8,11,15H,9-10,12-13H2,1H3,(H3,20,22,23,24). The smallest absolute Gasteiger partial charge is 0.248 e. The van der Waals surface area contributed by atoms with Gasteiger partial charge in [0, 0.05) is 11.9 Å². The van der Waals surface area contributed by atoms with Crippen LogP contribution in [-0.4, -0.2) is 44.8 Å². The quantitative estimate of drug-likeness (QED) is 0.753. The lowest BCUT2D eigenvalue weighted by Gasteiger charge is -2.29. The molecule has 134 valence electrons. The van der Waals surface area contributed by atoms with E-state index in [1.165, 1.54) is 36.2 Å². The number of likely N-dealkylation sites (tertiary alicyclic amines) is 1. The zero-order valence-corrected chi connectivity index (χ0v) is 14.8. The van der Waals surface area contributed by atoms with Crippen LogP contribution in [0.3, 0.4) is 0 Å². The zero-order valence-electron chi connectivity index (χ0n) is 14.8. The highest BCUT2D eigenvalue weighted by atomic mass is 15.4. The summed E-state index contributed by atoms with van der Waals surface area (Å²) in [6.45, 7) is 2.33. The van der Waals surface area contributed by atoms with Gasteiger partial charge in [0.1, 0.15) is 0 Å². The van der Waals surface area contributed by atoms with Crippen molar-refractivity contribution in [3.05, 3.63) is 54.2 Å². The number of nitrogens with one attached hydrogen (secondary N) is 1. The Morgan fingerprint density at radius 2 is 1.85 bits per heavy atom. The Morgan fingerprint density at radius 3 is 2.54 bits per heavy atom. The van der Waals surface area contributed by atoms with Crippen LogP contribution in [-0.2, 0) is 0 Å². The van der Waals surface area contributed by atoms with Gasteiger partial charge in [0.05, 0.1) is 0 Å². The monoisotopic (exact) mass is 349 g/mol. The number of nitrogens with two attached hydrogens (primary N) is 1. The second kappa shape index (κ2) is 7.13. The maximum absolute atomic E-state index is 5.97. The minimum absolute atomic E-state index is 0.300. The summed E-state index contributed by atoms with van der Waals surface area (Å²) in [5.41, 5.74) is 8.31. The molecular weight excluding hydrogens is 326 g/mol. The predicted octanol–water partition coefficient (Wildman–Crippen LogP) is 2.80. The molecular formula is C19H23N7. The molecule has 3 N–H and O–H groups in total. The molecule has 3 heterocycles. The molecule has 7 nitrogen and oxygen atoms in total. The number of piperidine rings is 1. The second-order valence-corrected chi connectivity index (χ2v) is 6.72. The third-order valence-corrected chi connectivity index (χ3v) is 4.86. The lowest BCUT2D eigenvalue weighted by atomic mass is 9.89. The molecule has 4 rings (SSSR count). The van der Waals surface area contributed by atoms with Gasteiger partial charge in [0.25, 0.3) is 0 Å². The van der Waals surface area contributed by atoms with Crippen molar-refractivity contribution in [3.63, 3.8) is 0 Å². The Bertz CT molecular complexity index is 849. The van der Waals surface area contributed by atoms with Crippen molar-refractivity contribution in [2.45, 2.75) is 18.8 Å². The number of nitrogen functional groups attached to an aromatic ring is 1. The fraction of sp³-hybridized carbons (Fsp3) is 0.316. The molecule has 0 aliphatic carbocycles. The van der Waals surface area contributed by atoms with Crippen molar-refractivity contribution in [1.82, 2.24) is 24.6 Å². The first-order valence-corrected chi connectivity index (χ1v) is 8.88. The number of pyridine rings is 1. The highest BCUT2D eigenvalue weighted by Crippen LogP contribution is 2.28. The van der Waals surface area contributed by atoms with Crippen LogP contribution in [0.1, 0.15) is 24.3 Å². The first kappa shape index (κ1) is 16.5. The number of aromatic nitrogens is 4. The van der Waals surface area contributed by atoms with Crippen molar-refractivity contribution in [3.8, 4) is 5.82 Å². The van der Waals surface area contributed by atoms with Crippen LogP contribution in [0.5, 0.6) is 0 Å². The van der Waals surface area contributed by atoms with E-state index in [9.17, 15) is 0 Å². The van der Waals surface area contributed by atoms with Crippen LogP contribution in [0.4, 0.5) is 17.6 Å². The van der Waals surface area contributed by atoms with Gasteiger partial charge in [-0.05, 0) is 68.7 Å². The van der Waals surface area contributed by atoms with Crippen LogP contribution >= 0.6 is 0 Å². The number of anilines is 3. The van der Waals surface area contributed by atoms with Crippen molar-refractivity contribution < 1.29 is 0 Å². The highest BCUT2D eigenvalue weighted by molar-refractivity contribution is 5.55. The molecule has 2 aromatic heterocycles. The summed E-state index contributed by atoms with van der Waals surface area (Å²) in [4.78, 5) is 10.9. The molecule has 7 heteroatoms. The zero-order chi connectivity index (χ0) is 17.9. The van der Waals surface area contributed by atoms with E-state index in [2.05, 4.69) is 56.6 Å². The average Bonchev–Trinajstić information content (AvgIpc) is 3.04. The summed E-state index contributed by atoms with van der Waals surface area (Å²) in [6, 6.07) is 14.1. The summed E-state index contributed by atoms with van der Waals surface area (Å²) >= 11 is 0. The minimum atomic E-state index is 0.300. The van der Waals surface area contributed by atoms with Crippen LogP contribution in [0.2, 0.25) is 0 Å². The molecule has 0 radical (unpaired) electrons. The molecule has 0 spiro atoms. The fourth-order valence-corrected chi connectivity index (χ4v) is 3.33. The molecule has 1 saturated heterocycles. The Kier molecular flexibility index (Phi) is 4.53. The maximum Gasteiger partial charge on any atom is 0.248 e. The Labute approximate surface area is 152 Å². The molecule has 0 unspecified atom stereocenters. The van der Waals surface area contributed by atoms with E-state index in [4.69, 9.17) is 5.73 Å². The first-order chi connectivity index (χ1) is 12.7. The molecule has 1 aromatic carbocycles. The number of benzene rings is 1. The molecule has 26 heavy (non-hydrogen) atoms. The predicted molar refractivity (Wildman–Crippen MR) is 103 cm³/mol. The molecule has 1 fully saturated rings. The largest absolute Gasteiger partial charge is 0.368 e. The van der Waals surface area contributed by atoms with Gasteiger partial charge in [-0.1, -0.05) is 18.2 Å². The average molecular weight is 349 g/mol. The van der Waals surface area contributed by atoms with Crippen molar-refractivity contribution in [2.24, 2.45) is 0 Å². The third kappa shape index (κ3) is 3.52. The lowest BCUT2D eigenvalue weighted by Crippen LogP contribution is -2.29. The minimum Gasteiger partial charge on any atom is -0.368 e.